The normalized spacial score (nSPS) is 15.9. The molecule has 0 spiro atoms. The van der Waals surface area contributed by atoms with Crippen LogP contribution in [-0.4, -0.2) is 43.3 Å². The fraction of sp³-hybridized carbons (Fsp3) is 0.667. The summed E-state index contributed by atoms with van der Waals surface area (Å²) in [5.41, 5.74) is 0.788. The van der Waals surface area contributed by atoms with Gasteiger partial charge in [0.05, 0.1) is 12.1 Å². The smallest absolute Gasteiger partial charge is 0.0797 e. The van der Waals surface area contributed by atoms with Crippen molar-refractivity contribution in [3.63, 3.8) is 0 Å². The number of benzene rings is 1. The minimum absolute atomic E-state index is 0.113. The van der Waals surface area contributed by atoms with Crippen LogP contribution in [0.1, 0.15) is 39.2 Å². The molecule has 0 amide bonds. The van der Waals surface area contributed by atoms with Gasteiger partial charge >= 0.3 is 0 Å². The second-order valence-electron chi connectivity index (χ2n) is 6.24. The Hall–Kier alpha value is -0.900. The molecule has 3 heteroatoms. The van der Waals surface area contributed by atoms with Gasteiger partial charge in [0, 0.05) is 13.1 Å². The molecule has 0 aliphatic heterocycles. The van der Waals surface area contributed by atoms with Gasteiger partial charge in [0.15, 0.2) is 0 Å². The molecule has 0 saturated heterocycles. The average molecular weight is 292 g/mol. The van der Waals surface area contributed by atoms with Crippen molar-refractivity contribution < 1.29 is 5.11 Å². The van der Waals surface area contributed by atoms with E-state index in [0.717, 1.165) is 31.6 Å². The molecule has 0 aliphatic carbocycles. The molecule has 120 valence electrons. The Balaban J connectivity index is 2.90. The van der Waals surface area contributed by atoms with Gasteiger partial charge in [-0.2, -0.15) is 0 Å². The van der Waals surface area contributed by atoms with E-state index in [-0.39, 0.29) is 12.1 Å². The summed E-state index contributed by atoms with van der Waals surface area (Å²) in [6.45, 7) is 9.55. The van der Waals surface area contributed by atoms with Crippen molar-refractivity contribution in [3.8, 4) is 0 Å². The Kier molecular flexibility index (Phi) is 7.94. The third-order valence-electron chi connectivity index (χ3n) is 4.17. The summed E-state index contributed by atoms with van der Waals surface area (Å²) in [6.07, 6.45) is 2.24. The van der Waals surface area contributed by atoms with Crippen molar-refractivity contribution in [2.75, 3.05) is 33.3 Å². The highest BCUT2D eigenvalue weighted by atomic mass is 16.3. The standard InChI is InChI=1S/C18H32N2O/c1-5-12-19-18(15-21,17-10-8-7-9-11-17)14-20(4)13-16(3)6-2/h7-11,16,19,21H,5-6,12-15H2,1-4H3. The SMILES string of the molecule is CCCNC(CO)(CN(C)CC(C)CC)c1ccccc1. The van der Waals surface area contributed by atoms with E-state index < -0.39 is 0 Å². The van der Waals surface area contributed by atoms with Crippen LogP contribution in [0.5, 0.6) is 0 Å². The summed E-state index contributed by atoms with van der Waals surface area (Å²) in [7, 11) is 2.15. The minimum atomic E-state index is -0.376. The van der Waals surface area contributed by atoms with Gasteiger partial charge in [0.2, 0.25) is 0 Å². The van der Waals surface area contributed by atoms with Crippen LogP contribution in [0.15, 0.2) is 30.3 Å². The van der Waals surface area contributed by atoms with Crippen molar-refractivity contribution in [3.05, 3.63) is 35.9 Å². The van der Waals surface area contributed by atoms with E-state index in [1.165, 1.54) is 6.42 Å². The molecule has 2 unspecified atom stereocenters. The van der Waals surface area contributed by atoms with Gasteiger partial charge < -0.3 is 15.3 Å². The van der Waals surface area contributed by atoms with E-state index in [9.17, 15) is 5.11 Å². The lowest BCUT2D eigenvalue weighted by Crippen LogP contribution is -2.53. The fourth-order valence-corrected chi connectivity index (χ4v) is 2.75. The van der Waals surface area contributed by atoms with Gasteiger partial charge in [0.1, 0.15) is 0 Å². The van der Waals surface area contributed by atoms with Crippen LogP contribution in [0.2, 0.25) is 0 Å². The van der Waals surface area contributed by atoms with E-state index in [2.05, 4.69) is 50.2 Å². The van der Waals surface area contributed by atoms with Crippen molar-refractivity contribution in [2.45, 2.75) is 39.2 Å². The molecular formula is C18H32N2O. The zero-order valence-electron chi connectivity index (χ0n) is 14.1. The van der Waals surface area contributed by atoms with Gasteiger partial charge in [-0.3, -0.25) is 0 Å². The van der Waals surface area contributed by atoms with Crippen molar-refractivity contribution in [2.24, 2.45) is 5.92 Å². The molecule has 2 atom stereocenters. The number of hydrogen-bond donors (Lipinski definition) is 2. The number of aliphatic hydroxyl groups excluding tert-OH is 1. The summed E-state index contributed by atoms with van der Waals surface area (Å²) in [5, 5.41) is 13.7. The predicted molar refractivity (Wildman–Crippen MR) is 90.5 cm³/mol. The van der Waals surface area contributed by atoms with Gasteiger partial charge in [-0.1, -0.05) is 57.5 Å². The largest absolute Gasteiger partial charge is 0.394 e. The first-order chi connectivity index (χ1) is 10.1. The van der Waals surface area contributed by atoms with E-state index in [1.807, 2.05) is 18.2 Å². The maximum atomic E-state index is 10.1. The van der Waals surface area contributed by atoms with Crippen LogP contribution in [-0.2, 0) is 5.54 Å². The molecule has 0 bridgehead atoms. The fourth-order valence-electron chi connectivity index (χ4n) is 2.75. The number of likely N-dealkylation sites (N-methyl/N-ethyl adjacent to an activating group) is 1. The lowest BCUT2D eigenvalue weighted by Gasteiger charge is -2.38. The highest BCUT2D eigenvalue weighted by Gasteiger charge is 2.32. The van der Waals surface area contributed by atoms with E-state index in [4.69, 9.17) is 0 Å². The second kappa shape index (κ2) is 9.19. The lowest BCUT2D eigenvalue weighted by molar-refractivity contribution is 0.111. The zero-order chi connectivity index (χ0) is 15.7. The molecule has 1 aromatic carbocycles. The summed E-state index contributed by atoms with van der Waals surface area (Å²) in [6, 6.07) is 10.3. The quantitative estimate of drug-likeness (QED) is 0.696. The molecule has 0 heterocycles. The second-order valence-corrected chi connectivity index (χ2v) is 6.24. The maximum absolute atomic E-state index is 10.1. The van der Waals surface area contributed by atoms with Crippen LogP contribution >= 0.6 is 0 Å². The van der Waals surface area contributed by atoms with E-state index in [1.54, 1.807) is 0 Å². The summed E-state index contributed by atoms with van der Waals surface area (Å²) >= 11 is 0. The molecule has 0 radical (unpaired) electrons. The molecule has 0 aliphatic rings. The molecule has 0 saturated carbocycles. The predicted octanol–water partition coefficient (Wildman–Crippen LogP) is 2.85. The highest BCUT2D eigenvalue weighted by molar-refractivity contribution is 5.25. The minimum Gasteiger partial charge on any atom is -0.394 e. The number of rotatable bonds is 10. The van der Waals surface area contributed by atoms with Crippen molar-refractivity contribution >= 4 is 0 Å². The number of aliphatic hydroxyl groups is 1. The Morgan fingerprint density at radius 3 is 2.43 bits per heavy atom. The van der Waals surface area contributed by atoms with Crippen LogP contribution in [0.25, 0.3) is 0 Å². The van der Waals surface area contributed by atoms with Crippen LogP contribution < -0.4 is 5.32 Å². The van der Waals surface area contributed by atoms with Gasteiger partial charge in [-0.15, -0.1) is 0 Å². The highest BCUT2D eigenvalue weighted by Crippen LogP contribution is 2.22. The molecule has 21 heavy (non-hydrogen) atoms. The number of hydrogen-bond acceptors (Lipinski definition) is 3. The van der Waals surface area contributed by atoms with E-state index >= 15 is 0 Å². The molecule has 0 fully saturated rings. The number of nitrogens with one attached hydrogen (secondary N) is 1. The van der Waals surface area contributed by atoms with Crippen molar-refractivity contribution in [1.82, 2.24) is 10.2 Å². The van der Waals surface area contributed by atoms with E-state index in [0.29, 0.717) is 5.92 Å². The van der Waals surface area contributed by atoms with Gasteiger partial charge in [-0.05, 0) is 31.5 Å². The van der Waals surface area contributed by atoms with Crippen LogP contribution in [0.3, 0.4) is 0 Å². The average Bonchev–Trinajstić information content (AvgIpc) is 2.52. The maximum Gasteiger partial charge on any atom is 0.0797 e. The Bertz CT molecular complexity index is 382. The first-order valence-electron chi connectivity index (χ1n) is 8.18. The molecular weight excluding hydrogens is 260 g/mol. The Labute approximate surface area is 130 Å². The summed E-state index contributed by atoms with van der Waals surface area (Å²) < 4.78 is 0. The molecule has 3 nitrogen and oxygen atoms in total. The first kappa shape index (κ1) is 18.1. The molecule has 1 rings (SSSR count). The topological polar surface area (TPSA) is 35.5 Å². The van der Waals surface area contributed by atoms with Gasteiger partial charge in [0.25, 0.3) is 0 Å². The molecule has 2 N–H and O–H groups in total. The van der Waals surface area contributed by atoms with Gasteiger partial charge in [-0.25, -0.2) is 0 Å². The third-order valence-corrected chi connectivity index (χ3v) is 4.17. The molecule has 0 aromatic heterocycles. The third kappa shape index (κ3) is 5.42. The summed E-state index contributed by atoms with van der Waals surface area (Å²) in [4.78, 5) is 2.33. The first-order valence-corrected chi connectivity index (χ1v) is 8.18. The Morgan fingerprint density at radius 1 is 1.24 bits per heavy atom. The van der Waals surface area contributed by atoms with Crippen LogP contribution in [0, 0.1) is 5.92 Å². The molecule has 1 aromatic rings. The number of nitrogens with zero attached hydrogens (tertiary/aromatic N) is 1. The van der Waals surface area contributed by atoms with Crippen LogP contribution in [0.4, 0.5) is 0 Å². The van der Waals surface area contributed by atoms with Crippen molar-refractivity contribution in [1.29, 1.82) is 0 Å². The summed E-state index contributed by atoms with van der Waals surface area (Å²) in [5.74, 6) is 0.674. The Morgan fingerprint density at radius 2 is 1.90 bits per heavy atom. The lowest BCUT2D eigenvalue weighted by atomic mass is 9.89. The zero-order valence-corrected chi connectivity index (χ0v) is 14.1. The monoisotopic (exact) mass is 292 g/mol.